The number of unbranched alkanes of at least 4 members (excludes halogenated alkanes) is 2. The van der Waals surface area contributed by atoms with Crippen LogP contribution in [0.5, 0.6) is 0 Å². The fraction of sp³-hybridized carbons (Fsp3) is 0.450. The number of guanidine groups is 2. The molecule has 113 heavy (non-hydrogen) atoms. The van der Waals surface area contributed by atoms with Crippen LogP contribution in [0.1, 0.15) is 127 Å². The maximum Gasteiger partial charge on any atom is 0.326 e. The largest absolute Gasteiger partial charge is 0.480 e. The molecule has 33 heteroatoms. The van der Waals surface area contributed by atoms with E-state index in [1.54, 1.807) is 31.7 Å². The zero-order valence-electron chi connectivity index (χ0n) is 64.5. The lowest BCUT2D eigenvalue weighted by Crippen LogP contribution is -2.62. The van der Waals surface area contributed by atoms with Crippen LogP contribution in [-0.2, 0) is 73.6 Å². The molecule has 33 nitrogen and oxygen atoms in total. The second kappa shape index (κ2) is 43.1. The number of aromatic amines is 4. The van der Waals surface area contributed by atoms with Crippen LogP contribution < -0.4 is 87.2 Å². The number of benzene rings is 4. The summed E-state index contributed by atoms with van der Waals surface area (Å²) in [5.74, 6) is -9.75. The fourth-order valence-electron chi connectivity index (χ4n) is 13.7. The van der Waals surface area contributed by atoms with Crippen molar-refractivity contribution in [1.82, 2.24) is 78.4 Å². The van der Waals surface area contributed by atoms with Crippen molar-refractivity contribution < 1.29 is 53.1 Å². The van der Waals surface area contributed by atoms with Gasteiger partial charge in [0.15, 0.2) is 11.9 Å². The quantitative estimate of drug-likeness (QED) is 0.0148. The molecule has 11 atom stereocenters. The van der Waals surface area contributed by atoms with Gasteiger partial charge in [0, 0.05) is 107 Å². The molecule has 0 radical (unpaired) electrons. The molecule has 4 aromatic carbocycles. The van der Waals surface area contributed by atoms with Crippen molar-refractivity contribution in [3.05, 3.63) is 144 Å². The zero-order chi connectivity index (χ0) is 81.7. The van der Waals surface area contributed by atoms with Gasteiger partial charge in [-0.25, -0.2) is 4.79 Å². The third-order valence-corrected chi connectivity index (χ3v) is 20.2. The van der Waals surface area contributed by atoms with Crippen LogP contribution in [0, 0.1) is 22.7 Å². The van der Waals surface area contributed by atoms with Crippen LogP contribution in [0.15, 0.2) is 122 Å². The van der Waals surface area contributed by atoms with E-state index in [0.717, 1.165) is 43.6 Å². The molecule has 4 aromatic heterocycles. The predicted molar refractivity (Wildman–Crippen MR) is 434 cm³/mol. The number of carboxylic acids is 1. The molecule has 4 heterocycles. The van der Waals surface area contributed by atoms with Crippen LogP contribution in [0.25, 0.3) is 43.6 Å². The molecule has 0 saturated heterocycles. The highest BCUT2D eigenvalue weighted by Gasteiger charge is 2.38. The number of H-pyrrole nitrogens is 4. The summed E-state index contributed by atoms with van der Waals surface area (Å²) in [5.41, 5.74) is 34.3. The summed E-state index contributed by atoms with van der Waals surface area (Å²) in [6.07, 6.45) is 9.19. The van der Waals surface area contributed by atoms with E-state index in [1.807, 2.05) is 118 Å². The predicted octanol–water partition coefficient (Wildman–Crippen LogP) is 2.53. The minimum Gasteiger partial charge on any atom is -0.480 e. The van der Waals surface area contributed by atoms with Gasteiger partial charge in [0.25, 0.3) is 0 Å². The lowest BCUT2D eigenvalue weighted by molar-refractivity contribution is -0.142. The van der Waals surface area contributed by atoms with E-state index in [-0.39, 0.29) is 102 Å². The van der Waals surface area contributed by atoms with Gasteiger partial charge in [-0.2, -0.15) is 0 Å². The van der Waals surface area contributed by atoms with Gasteiger partial charge in [0.2, 0.25) is 53.2 Å². The Morgan fingerprint density at radius 2 is 0.690 bits per heavy atom. The smallest absolute Gasteiger partial charge is 0.326 e. The number of para-hydroxylation sites is 4. The Morgan fingerprint density at radius 3 is 1.05 bits per heavy atom. The van der Waals surface area contributed by atoms with Crippen molar-refractivity contribution in [3.8, 4) is 0 Å². The lowest BCUT2D eigenvalue weighted by Gasteiger charge is -2.30. The number of aromatic nitrogens is 4. The Kier molecular flexibility index (Phi) is 33.1. The molecule has 0 spiro atoms. The summed E-state index contributed by atoms with van der Waals surface area (Å²) in [4.78, 5) is 160. The Morgan fingerprint density at radius 1 is 0.389 bits per heavy atom. The van der Waals surface area contributed by atoms with Crippen LogP contribution >= 0.6 is 0 Å². The molecule has 0 unspecified atom stereocenters. The molecule has 608 valence electrons. The molecule has 8 aromatic rings. The summed E-state index contributed by atoms with van der Waals surface area (Å²) < 4.78 is 0. The molecule has 9 amide bonds. The number of carbonyl (C=O) groups excluding carboxylic acids is 9. The molecule has 0 saturated carbocycles. The van der Waals surface area contributed by atoms with Crippen LogP contribution in [0.4, 0.5) is 0 Å². The average molecular weight is 1560 g/mol. The highest BCUT2D eigenvalue weighted by molar-refractivity contribution is 6.00. The van der Waals surface area contributed by atoms with E-state index in [1.165, 1.54) is 0 Å². The topological polar surface area (TPSA) is 564 Å². The number of rotatable bonds is 47. The molecule has 28 N–H and O–H groups in total. The maximum absolute atomic E-state index is 15.7. The monoisotopic (exact) mass is 1560 g/mol. The molecule has 0 aliphatic carbocycles. The van der Waals surface area contributed by atoms with E-state index in [0.29, 0.717) is 67.3 Å². The Labute approximate surface area is 655 Å². The molecule has 8 rings (SSSR count). The third kappa shape index (κ3) is 25.6. The second-order valence-corrected chi connectivity index (χ2v) is 29.2. The van der Waals surface area contributed by atoms with E-state index >= 15 is 28.8 Å². The van der Waals surface area contributed by atoms with Crippen LogP contribution in [0.2, 0.25) is 0 Å². The van der Waals surface area contributed by atoms with Crippen molar-refractivity contribution in [1.29, 1.82) is 10.8 Å². The number of hydrogen-bond acceptors (Lipinski definition) is 15. The van der Waals surface area contributed by atoms with Crippen molar-refractivity contribution >= 4 is 115 Å². The third-order valence-electron chi connectivity index (χ3n) is 20.2. The average Bonchev–Trinajstić information content (AvgIpc) is 1.80. The number of fused-ring (bicyclic) bond motifs is 4. The van der Waals surface area contributed by atoms with Gasteiger partial charge in [0.05, 0.1) is 6.04 Å². The summed E-state index contributed by atoms with van der Waals surface area (Å²) in [7, 11) is 0. The molecular formula is C80H112N22O11. The van der Waals surface area contributed by atoms with E-state index < -0.39 is 125 Å². The first-order valence-corrected chi connectivity index (χ1v) is 38.7. The summed E-state index contributed by atoms with van der Waals surface area (Å²) in [5, 5.41) is 59.3. The van der Waals surface area contributed by atoms with Crippen LogP contribution in [0.3, 0.4) is 0 Å². The SMILES string of the molecule is CC[C@H](C)[C@H](NC(=O)[C@H](Cc1c[nH]c2ccccc12)NC(=O)[C@H](CCCCN)NC(=O)[C@H](CCCNC(=N)N)NC(=O)[C@@H](N)CCCNC(=N)N)C(=O)N[C@@H](Cc1c[nH]c2ccccc12)C(=O)N[C@@H](Cc1c[nH]c2ccccc12)C(=O)N[C@@H](CC(C)C)C(=O)N[C@@H](Cc1c[nH]c2ccccc12)C(=O)N[C@@H](CCCCN)C(=O)O. The highest BCUT2D eigenvalue weighted by Crippen LogP contribution is 2.25. The van der Waals surface area contributed by atoms with Crippen LogP contribution in [-0.4, -0.2) is 183 Å². The molecule has 0 aliphatic heterocycles. The summed E-state index contributed by atoms with van der Waals surface area (Å²) >= 11 is 0. The number of carboxylic acid groups (broad SMARTS) is 1. The van der Waals surface area contributed by atoms with E-state index in [9.17, 15) is 24.3 Å². The van der Waals surface area contributed by atoms with Crippen molar-refractivity contribution in [2.24, 2.45) is 40.5 Å². The first-order valence-electron chi connectivity index (χ1n) is 38.7. The minimum atomic E-state index is -1.49. The van der Waals surface area contributed by atoms with Gasteiger partial charge in [-0.15, -0.1) is 0 Å². The van der Waals surface area contributed by atoms with Gasteiger partial charge < -0.3 is 112 Å². The fourth-order valence-corrected chi connectivity index (χ4v) is 13.7. The second-order valence-electron chi connectivity index (χ2n) is 29.2. The number of nitrogens with one attached hydrogen (secondary N) is 17. The van der Waals surface area contributed by atoms with Gasteiger partial charge in [0.1, 0.15) is 54.4 Å². The first-order chi connectivity index (χ1) is 54.2. The van der Waals surface area contributed by atoms with Crippen molar-refractivity contribution in [2.75, 3.05) is 26.2 Å². The van der Waals surface area contributed by atoms with Crippen molar-refractivity contribution in [3.63, 3.8) is 0 Å². The van der Waals surface area contributed by atoms with Gasteiger partial charge in [-0.05, 0) is 142 Å². The number of amides is 9. The minimum absolute atomic E-state index is 0.0130. The molecule has 0 bridgehead atoms. The molecule has 0 fully saturated rings. The van der Waals surface area contributed by atoms with E-state index in [4.69, 9.17) is 39.5 Å². The molecule has 0 aliphatic rings. The normalized spacial score (nSPS) is 14.4. The Hall–Kier alpha value is -11.8. The van der Waals surface area contributed by atoms with Crippen molar-refractivity contribution in [2.45, 2.75) is 191 Å². The number of nitrogens with two attached hydrogens (primary N) is 5. The number of hydrogen-bond donors (Lipinski definition) is 23. The Balaban J connectivity index is 1.10. The number of carbonyl (C=O) groups is 10. The standard InChI is InChI=1S/C80H112N22O11/c1-5-46(4)68(102-76(110)67(40-50-44-93-59-28-13-9-23-54(50)59)98-71(105)60(29-14-16-32-81)95-70(104)61(31-19-35-89-80(86)87)94-69(103)55(83)24-18-34-88-79(84)85)77(111)101-66(39-49-43-92-58-27-12-8-22-53(49)58)75(109)100-65(38-48-42-91-57-26-11-7-21-52(48)57)74(108)97-63(36-45(2)3)72(106)99-64(37-47-41-90-56-25-10-6-20-51(47)56)73(107)96-62(78(112)113)30-15-17-33-82/h6-13,20-23,25-28,41-46,55,60-68,90-93H,5,14-19,24,29-40,81-83H2,1-4H3,(H,94,103)(H,95,104)(H,96,107)(H,97,108)(H,98,105)(H,99,106)(H,100,109)(H,101,111)(H,102,110)(H,112,113)(H4,84,85,88)(H4,86,87,89)/t46-,55-,60-,61-,62-,63-,64-,65-,66-,67-,68-/m0/s1. The van der Waals surface area contributed by atoms with Gasteiger partial charge in [-0.1, -0.05) is 107 Å². The lowest BCUT2D eigenvalue weighted by atomic mass is 9.95. The zero-order valence-corrected chi connectivity index (χ0v) is 64.5. The maximum atomic E-state index is 15.7. The highest BCUT2D eigenvalue weighted by atomic mass is 16.4. The summed E-state index contributed by atoms with van der Waals surface area (Å²) in [6, 6.07) is 15.9. The van der Waals surface area contributed by atoms with Gasteiger partial charge >= 0.3 is 5.97 Å². The van der Waals surface area contributed by atoms with Gasteiger partial charge in [-0.3, -0.25) is 54.0 Å². The van der Waals surface area contributed by atoms with E-state index in [2.05, 4.69) is 78.4 Å². The Bertz CT molecular complexity index is 4570. The molecular weight excluding hydrogens is 1450 g/mol. The summed E-state index contributed by atoms with van der Waals surface area (Å²) in [6.45, 7) is 8.20. The number of aliphatic carboxylic acids is 1. The first kappa shape index (κ1) is 86.7.